The van der Waals surface area contributed by atoms with Gasteiger partial charge in [-0.25, -0.2) is 0 Å². The molecular formula is C31H41N2+. The Balaban J connectivity index is 2.27. The number of fused-ring (bicyclic) bond motifs is 3. The highest BCUT2D eigenvalue weighted by molar-refractivity contribution is 6.13. The first-order valence-corrected chi connectivity index (χ1v) is 12.7. The highest BCUT2D eigenvalue weighted by Crippen LogP contribution is 2.59. The maximum absolute atomic E-state index is 2.62. The summed E-state index contributed by atoms with van der Waals surface area (Å²) in [5, 5.41) is 4.22. The lowest BCUT2D eigenvalue weighted by Crippen LogP contribution is -2.49. The van der Waals surface area contributed by atoms with Crippen molar-refractivity contribution in [3.05, 3.63) is 58.8 Å². The lowest BCUT2D eigenvalue weighted by Gasteiger charge is -2.51. The van der Waals surface area contributed by atoms with Gasteiger partial charge in [0.15, 0.2) is 0 Å². The lowest BCUT2D eigenvalue weighted by molar-refractivity contribution is -0.586. The lowest BCUT2D eigenvalue weighted by atomic mass is 9.52. The maximum Gasteiger partial charge on any atom is 0.250 e. The summed E-state index contributed by atoms with van der Waals surface area (Å²) in [6.45, 7) is 26.5. The molecule has 1 aliphatic carbocycles. The van der Waals surface area contributed by atoms with E-state index >= 15 is 0 Å². The van der Waals surface area contributed by atoms with Crippen LogP contribution in [-0.4, -0.2) is 4.68 Å². The Kier molecular flexibility index (Phi) is 4.50. The largest absolute Gasteiger partial charge is 0.250 e. The molecule has 2 aromatic carbocycles. The molecule has 1 aliphatic rings. The van der Waals surface area contributed by atoms with E-state index in [1.54, 1.807) is 0 Å². The van der Waals surface area contributed by atoms with Crippen LogP contribution in [0.25, 0.3) is 27.2 Å². The van der Waals surface area contributed by atoms with Crippen LogP contribution >= 0.6 is 0 Å². The van der Waals surface area contributed by atoms with Crippen molar-refractivity contribution in [1.82, 2.24) is 4.68 Å². The second-order valence-corrected chi connectivity index (χ2v) is 12.6. The zero-order chi connectivity index (χ0) is 24.2. The fourth-order valence-electron chi connectivity index (χ4n) is 6.93. The van der Waals surface area contributed by atoms with Crippen molar-refractivity contribution in [1.29, 1.82) is 0 Å². The quantitative estimate of drug-likeness (QED) is 0.219. The summed E-state index contributed by atoms with van der Waals surface area (Å²) in [4.78, 5) is 0. The molecule has 2 nitrogen and oxygen atoms in total. The zero-order valence-electron chi connectivity index (χ0n) is 22.5. The number of rotatable bonds is 2. The number of pyridine rings is 1. The topological polar surface area (TPSA) is 9.03 Å². The fraction of sp³-hybridized carbons (Fsp3) is 0.516. The molecule has 0 N–H and O–H groups in total. The molecule has 2 aromatic heterocycles. The third-order valence-electron chi connectivity index (χ3n) is 9.77. The molecule has 174 valence electrons. The molecule has 0 fully saturated rings. The number of para-hydroxylation sites is 1. The van der Waals surface area contributed by atoms with Gasteiger partial charge in [0.05, 0.1) is 28.1 Å². The van der Waals surface area contributed by atoms with Crippen LogP contribution in [0.5, 0.6) is 0 Å². The summed E-state index contributed by atoms with van der Waals surface area (Å²) in [7, 11) is 0. The van der Waals surface area contributed by atoms with Gasteiger partial charge < -0.3 is 0 Å². The first-order valence-electron chi connectivity index (χ1n) is 12.7. The van der Waals surface area contributed by atoms with Gasteiger partial charge >= 0.3 is 0 Å². The molecule has 4 aromatic rings. The van der Waals surface area contributed by atoms with Crippen LogP contribution in [0.15, 0.2) is 36.4 Å². The van der Waals surface area contributed by atoms with E-state index in [9.17, 15) is 0 Å². The second kappa shape index (κ2) is 6.62. The van der Waals surface area contributed by atoms with Crippen molar-refractivity contribution in [3.8, 4) is 0 Å². The normalized spacial score (nSPS) is 18.8. The van der Waals surface area contributed by atoms with E-state index < -0.39 is 0 Å². The first kappa shape index (κ1) is 22.4. The molecule has 2 heterocycles. The average Bonchev–Trinajstić information content (AvgIpc) is 3.04. The van der Waals surface area contributed by atoms with Gasteiger partial charge in [0, 0.05) is 16.4 Å². The molecule has 33 heavy (non-hydrogen) atoms. The van der Waals surface area contributed by atoms with Crippen LogP contribution in [0.3, 0.4) is 0 Å². The predicted molar refractivity (Wildman–Crippen MR) is 142 cm³/mol. The fourth-order valence-corrected chi connectivity index (χ4v) is 6.93. The van der Waals surface area contributed by atoms with Gasteiger partial charge in [-0.3, -0.25) is 0 Å². The molecule has 0 radical (unpaired) electrons. The van der Waals surface area contributed by atoms with Crippen molar-refractivity contribution in [3.63, 3.8) is 0 Å². The third-order valence-corrected chi connectivity index (χ3v) is 9.77. The number of hydrogen-bond acceptors (Lipinski definition) is 0. The molecule has 0 spiro atoms. The van der Waals surface area contributed by atoms with Crippen molar-refractivity contribution >= 4 is 27.2 Å². The predicted octanol–water partition coefficient (Wildman–Crippen LogP) is 8.14. The molecule has 0 unspecified atom stereocenters. The molecule has 2 heteroatoms. The van der Waals surface area contributed by atoms with Crippen LogP contribution < -0.4 is 4.52 Å². The molecule has 0 atom stereocenters. The van der Waals surface area contributed by atoms with Crippen molar-refractivity contribution < 1.29 is 4.52 Å². The number of hydrogen-bond donors (Lipinski definition) is 0. The summed E-state index contributed by atoms with van der Waals surface area (Å²) >= 11 is 0. The van der Waals surface area contributed by atoms with Crippen LogP contribution in [0.2, 0.25) is 0 Å². The zero-order valence-corrected chi connectivity index (χ0v) is 22.5. The summed E-state index contributed by atoms with van der Waals surface area (Å²) in [6, 6.07) is 14.3. The Morgan fingerprint density at radius 1 is 0.758 bits per heavy atom. The van der Waals surface area contributed by atoms with Gasteiger partial charge in [-0.1, -0.05) is 90.2 Å². The van der Waals surface area contributed by atoms with E-state index in [4.69, 9.17) is 0 Å². The summed E-state index contributed by atoms with van der Waals surface area (Å²) in [5.41, 5.74) is 8.67. The third kappa shape index (κ3) is 2.48. The SMILES string of the molecule is Cc1c2c3c4c(cccc4c4cccc(C(C)C)c4[n+]3n1C(C)C)C(C)(C)C(C)(C)C2(C)C. The van der Waals surface area contributed by atoms with Gasteiger partial charge in [0.1, 0.15) is 0 Å². The van der Waals surface area contributed by atoms with E-state index in [0.717, 1.165) is 0 Å². The number of aromatic nitrogens is 2. The van der Waals surface area contributed by atoms with Gasteiger partial charge in [0.2, 0.25) is 11.0 Å². The molecule has 0 amide bonds. The van der Waals surface area contributed by atoms with Crippen LogP contribution in [0.1, 0.15) is 104 Å². The molecular weight excluding hydrogens is 400 g/mol. The van der Waals surface area contributed by atoms with Gasteiger partial charge in [-0.15, -0.1) is 4.68 Å². The highest BCUT2D eigenvalue weighted by Gasteiger charge is 2.56. The van der Waals surface area contributed by atoms with Crippen molar-refractivity contribution in [2.75, 3.05) is 0 Å². The van der Waals surface area contributed by atoms with Gasteiger partial charge in [-0.2, -0.15) is 0 Å². The Morgan fingerprint density at radius 2 is 1.36 bits per heavy atom. The van der Waals surface area contributed by atoms with Crippen LogP contribution in [0.4, 0.5) is 0 Å². The van der Waals surface area contributed by atoms with E-state index in [1.807, 2.05) is 0 Å². The van der Waals surface area contributed by atoms with E-state index in [0.29, 0.717) is 12.0 Å². The summed E-state index contributed by atoms with van der Waals surface area (Å²) < 4.78 is 5.19. The first-order chi connectivity index (χ1) is 15.3. The average molecular weight is 442 g/mol. The standard InChI is InChI=1S/C31H41N2/c1-18(2)21-14-12-16-23-22-15-13-17-24-25(22)28-26(30(8,9)31(10,11)29(24,6)7)20(5)32(19(3)4)33(28)27(21)23/h12-19H,1-11H3/q+1. The Hall–Kier alpha value is -2.35. The highest BCUT2D eigenvalue weighted by atomic mass is 15.4. The van der Waals surface area contributed by atoms with E-state index in [2.05, 4.69) is 122 Å². The van der Waals surface area contributed by atoms with Crippen molar-refractivity contribution in [2.24, 2.45) is 5.41 Å². The van der Waals surface area contributed by atoms with E-state index in [-0.39, 0.29) is 16.2 Å². The molecule has 0 saturated heterocycles. The molecule has 0 saturated carbocycles. The van der Waals surface area contributed by atoms with Crippen molar-refractivity contribution in [2.45, 2.75) is 99.0 Å². The smallest absolute Gasteiger partial charge is 0.149 e. The van der Waals surface area contributed by atoms with Crippen LogP contribution in [-0.2, 0) is 10.8 Å². The minimum absolute atomic E-state index is 0.00789. The van der Waals surface area contributed by atoms with Crippen LogP contribution in [0, 0.1) is 12.3 Å². The Bertz CT molecular complexity index is 1440. The van der Waals surface area contributed by atoms with Gasteiger partial charge in [0.25, 0.3) is 0 Å². The number of nitrogens with zero attached hydrogens (tertiary/aromatic N) is 2. The molecule has 5 rings (SSSR count). The summed E-state index contributed by atoms with van der Waals surface area (Å²) in [6.07, 6.45) is 0. The Labute approximate surface area is 199 Å². The Morgan fingerprint density at radius 3 is 1.97 bits per heavy atom. The summed E-state index contributed by atoms with van der Waals surface area (Å²) in [5.74, 6) is 0.454. The monoisotopic (exact) mass is 441 g/mol. The number of benzene rings is 2. The maximum atomic E-state index is 2.62. The minimum atomic E-state index is -0.0155. The second-order valence-electron chi connectivity index (χ2n) is 12.6. The molecule has 0 aliphatic heterocycles. The molecule has 0 bridgehead atoms. The van der Waals surface area contributed by atoms with Gasteiger partial charge in [-0.05, 0) is 49.1 Å². The minimum Gasteiger partial charge on any atom is -0.149 e. The van der Waals surface area contributed by atoms with E-state index in [1.165, 1.54) is 49.6 Å².